The fourth-order valence-corrected chi connectivity index (χ4v) is 3.70. The van der Waals surface area contributed by atoms with Crippen LogP contribution < -0.4 is 19.7 Å². The van der Waals surface area contributed by atoms with Gasteiger partial charge < -0.3 is 24.8 Å². The number of aliphatic carboxylic acids is 1. The van der Waals surface area contributed by atoms with E-state index in [9.17, 15) is 17.6 Å². The molecule has 0 bridgehead atoms. The molecular weight excluding hydrogens is 498 g/mol. The lowest BCUT2D eigenvalue weighted by atomic mass is 10.1. The first kappa shape index (κ1) is 26.2. The van der Waals surface area contributed by atoms with Crippen LogP contribution in [0, 0.1) is 5.82 Å². The van der Waals surface area contributed by atoms with Crippen LogP contribution >= 0.6 is 0 Å². The maximum absolute atomic E-state index is 14.2. The van der Waals surface area contributed by atoms with Crippen molar-refractivity contribution in [2.75, 3.05) is 30.4 Å². The molecule has 198 valence electrons. The molecule has 0 amide bonds. The molecule has 3 heterocycles. The van der Waals surface area contributed by atoms with Gasteiger partial charge in [0.15, 0.2) is 23.2 Å². The molecule has 13 heteroatoms. The lowest BCUT2D eigenvalue weighted by molar-refractivity contribution is -0.192. The number of benzene rings is 1. The van der Waals surface area contributed by atoms with Crippen LogP contribution in [0.5, 0.6) is 11.5 Å². The largest absolute Gasteiger partial charge is 0.497 e. The van der Waals surface area contributed by atoms with E-state index in [1.807, 2.05) is 6.07 Å². The van der Waals surface area contributed by atoms with Gasteiger partial charge in [-0.15, -0.1) is 0 Å². The number of carboxylic acid groups (broad SMARTS) is 1. The van der Waals surface area contributed by atoms with E-state index in [1.54, 1.807) is 24.5 Å². The van der Waals surface area contributed by atoms with Crippen LogP contribution in [0.3, 0.4) is 0 Å². The minimum atomic E-state index is -5.08. The summed E-state index contributed by atoms with van der Waals surface area (Å²) in [6.07, 6.45) is 2.24. The van der Waals surface area contributed by atoms with Crippen molar-refractivity contribution >= 4 is 28.6 Å². The van der Waals surface area contributed by atoms with Gasteiger partial charge in [-0.05, 0) is 31.0 Å². The SMILES string of the molecule is COc1ccc(OC2CCN(c3nc4ccncc4nc3NC3CC3)CC2)c(F)c1.O=C(O)C(F)(F)F. The van der Waals surface area contributed by atoms with E-state index in [2.05, 4.69) is 15.2 Å². The monoisotopic (exact) mass is 523 g/mol. The number of pyridine rings is 1. The van der Waals surface area contributed by atoms with E-state index < -0.39 is 18.0 Å². The Kier molecular flexibility index (Phi) is 7.79. The molecule has 2 fully saturated rings. The highest BCUT2D eigenvalue weighted by Crippen LogP contribution is 2.33. The quantitative estimate of drug-likeness (QED) is 0.454. The Hall–Kier alpha value is -3.90. The standard InChI is InChI=1S/C22H24FN5O2.C2HF3O2/c1-29-16-4-5-20(17(23)12-16)30-15-7-10-28(11-8-15)22-21(25-14-2-3-14)26-19-13-24-9-6-18(19)27-22;3-2(4,5)1(6)7/h4-6,9,12-15H,2-3,7-8,10-11H2,1H3,(H,25,26);(H,6,7). The van der Waals surface area contributed by atoms with Crippen LogP contribution in [0.25, 0.3) is 11.0 Å². The molecule has 37 heavy (non-hydrogen) atoms. The molecule has 1 aliphatic carbocycles. The van der Waals surface area contributed by atoms with Gasteiger partial charge >= 0.3 is 12.1 Å². The van der Waals surface area contributed by atoms with Crippen LogP contribution in [-0.4, -0.2) is 64.5 Å². The fraction of sp³-hybridized carbons (Fsp3) is 0.417. The highest BCUT2D eigenvalue weighted by Gasteiger charge is 2.38. The summed E-state index contributed by atoms with van der Waals surface area (Å²) in [5, 5.41) is 10.6. The van der Waals surface area contributed by atoms with Crippen molar-refractivity contribution in [3.63, 3.8) is 0 Å². The summed E-state index contributed by atoms with van der Waals surface area (Å²) in [6.45, 7) is 1.54. The predicted molar refractivity (Wildman–Crippen MR) is 126 cm³/mol. The van der Waals surface area contributed by atoms with Gasteiger partial charge in [0.2, 0.25) is 0 Å². The van der Waals surface area contributed by atoms with Crippen LogP contribution in [-0.2, 0) is 4.79 Å². The number of nitrogens with one attached hydrogen (secondary N) is 1. The van der Waals surface area contributed by atoms with E-state index in [4.69, 9.17) is 29.3 Å². The minimum Gasteiger partial charge on any atom is -0.497 e. The minimum absolute atomic E-state index is 0.0402. The first-order chi connectivity index (χ1) is 17.6. The van der Waals surface area contributed by atoms with Crippen LogP contribution in [0.4, 0.5) is 29.2 Å². The Morgan fingerprint density at radius 2 is 1.81 bits per heavy atom. The second-order valence-corrected chi connectivity index (χ2v) is 8.58. The molecule has 0 spiro atoms. The number of methoxy groups -OCH3 is 1. The number of fused-ring (bicyclic) bond motifs is 1. The summed E-state index contributed by atoms with van der Waals surface area (Å²) >= 11 is 0. The summed E-state index contributed by atoms with van der Waals surface area (Å²) in [4.78, 5) is 24.9. The van der Waals surface area contributed by atoms with E-state index in [0.717, 1.165) is 61.4 Å². The molecule has 2 N–H and O–H groups in total. The molecule has 1 saturated carbocycles. The lowest BCUT2D eigenvalue weighted by Gasteiger charge is -2.33. The number of aromatic nitrogens is 3. The zero-order chi connectivity index (χ0) is 26.6. The first-order valence-electron chi connectivity index (χ1n) is 11.6. The average Bonchev–Trinajstić information content (AvgIpc) is 3.69. The molecule has 0 atom stereocenters. The smallest absolute Gasteiger partial charge is 0.490 e. The van der Waals surface area contributed by atoms with Crippen LogP contribution in [0.15, 0.2) is 36.7 Å². The van der Waals surface area contributed by atoms with Crippen molar-refractivity contribution in [2.45, 2.75) is 44.0 Å². The summed E-state index contributed by atoms with van der Waals surface area (Å²) in [5.74, 6) is -0.721. The number of ether oxygens (including phenoxy) is 2. The zero-order valence-electron chi connectivity index (χ0n) is 19.8. The third kappa shape index (κ3) is 6.86. The van der Waals surface area contributed by atoms with E-state index >= 15 is 0 Å². The lowest BCUT2D eigenvalue weighted by Crippen LogP contribution is -2.39. The summed E-state index contributed by atoms with van der Waals surface area (Å²) in [7, 11) is 1.52. The number of halogens is 4. The fourth-order valence-electron chi connectivity index (χ4n) is 3.70. The first-order valence-corrected chi connectivity index (χ1v) is 11.6. The number of carboxylic acids is 1. The number of hydrogen-bond acceptors (Lipinski definition) is 8. The maximum Gasteiger partial charge on any atom is 0.490 e. The molecule has 0 unspecified atom stereocenters. The molecule has 2 aromatic heterocycles. The molecule has 1 aliphatic heterocycles. The van der Waals surface area contributed by atoms with Crippen molar-refractivity contribution in [2.24, 2.45) is 0 Å². The molecule has 1 aromatic carbocycles. The Labute approximate surface area is 209 Å². The topological polar surface area (TPSA) is 110 Å². The predicted octanol–water partition coefficient (Wildman–Crippen LogP) is 4.43. The number of rotatable bonds is 6. The van der Waals surface area contributed by atoms with E-state index in [1.165, 1.54) is 13.2 Å². The Bertz CT molecular complexity index is 1250. The van der Waals surface area contributed by atoms with Gasteiger partial charge in [-0.3, -0.25) is 4.98 Å². The number of hydrogen-bond donors (Lipinski definition) is 2. The third-order valence-corrected chi connectivity index (χ3v) is 5.78. The van der Waals surface area contributed by atoms with Crippen LogP contribution in [0.2, 0.25) is 0 Å². The molecule has 1 saturated heterocycles. The number of piperidine rings is 1. The van der Waals surface area contributed by atoms with Gasteiger partial charge in [0.1, 0.15) is 17.4 Å². The van der Waals surface area contributed by atoms with Crippen molar-refractivity contribution in [3.8, 4) is 11.5 Å². The van der Waals surface area contributed by atoms with Gasteiger partial charge in [0.05, 0.1) is 18.8 Å². The van der Waals surface area contributed by atoms with Gasteiger partial charge in [0.25, 0.3) is 0 Å². The number of anilines is 2. The van der Waals surface area contributed by atoms with Crippen molar-refractivity contribution < 1.29 is 36.9 Å². The Balaban J connectivity index is 0.000000405. The number of carbonyl (C=O) groups is 1. The van der Waals surface area contributed by atoms with Crippen molar-refractivity contribution in [1.82, 2.24) is 15.0 Å². The molecule has 3 aromatic rings. The Morgan fingerprint density at radius 3 is 2.41 bits per heavy atom. The number of alkyl halides is 3. The second-order valence-electron chi connectivity index (χ2n) is 8.58. The van der Waals surface area contributed by atoms with Gasteiger partial charge in [-0.1, -0.05) is 0 Å². The highest BCUT2D eigenvalue weighted by atomic mass is 19.4. The molecule has 0 radical (unpaired) electrons. The van der Waals surface area contributed by atoms with Gasteiger partial charge in [0, 0.05) is 44.2 Å². The van der Waals surface area contributed by atoms with Gasteiger partial charge in [-0.2, -0.15) is 13.2 Å². The second kappa shape index (κ2) is 11.0. The summed E-state index contributed by atoms with van der Waals surface area (Å²) in [6, 6.07) is 7.05. The third-order valence-electron chi connectivity index (χ3n) is 5.78. The van der Waals surface area contributed by atoms with Crippen molar-refractivity contribution in [3.05, 3.63) is 42.5 Å². The molecular formula is C24H25F4N5O4. The normalized spacial score (nSPS) is 16.1. The van der Waals surface area contributed by atoms with Crippen LogP contribution in [0.1, 0.15) is 25.7 Å². The molecule has 5 rings (SSSR count). The summed E-state index contributed by atoms with van der Waals surface area (Å²) in [5.41, 5.74) is 1.62. The van der Waals surface area contributed by atoms with E-state index in [0.29, 0.717) is 11.8 Å². The average molecular weight is 523 g/mol. The highest BCUT2D eigenvalue weighted by molar-refractivity contribution is 5.80. The zero-order valence-corrected chi connectivity index (χ0v) is 19.8. The maximum atomic E-state index is 14.2. The summed E-state index contributed by atoms with van der Waals surface area (Å²) < 4.78 is 56.9. The van der Waals surface area contributed by atoms with Crippen molar-refractivity contribution in [1.29, 1.82) is 0 Å². The molecule has 2 aliphatic rings. The van der Waals surface area contributed by atoms with E-state index in [-0.39, 0.29) is 11.9 Å². The Morgan fingerprint density at radius 1 is 1.11 bits per heavy atom. The molecule has 9 nitrogen and oxygen atoms in total. The number of nitrogens with zero attached hydrogens (tertiary/aromatic N) is 4. The van der Waals surface area contributed by atoms with Gasteiger partial charge in [-0.25, -0.2) is 19.2 Å².